The van der Waals surface area contributed by atoms with Gasteiger partial charge >= 0.3 is 0 Å². The minimum absolute atomic E-state index is 0.00544. The number of hydrogen-bond donors (Lipinski definition) is 2. The van der Waals surface area contributed by atoms with Crippen molar-refractivity contribution in [2.45, 2.75) is 20.0 Å². The van der Waals surface area contributed by atoms with Crippen LogP contribution in [0.15, 0.2) is 40.8 Å². The van der Waals surface area contributed by atoms with Crippen LogP contribution in [0.3, 0.4) is 0 Å². The van der Waals surface area contributed by atoms with E-state index in [4.69, 9.17) is 0 Å². The quantitative estimate of drug-likeness (QED) is 0.621. The number of hydrogen-bond acceptors (Lipinski definition) is 6. The molecule has 8 heteroatoms. The van der Waals surface area contributed by atoms with Crippen LogP contribution in [0.5, 0.6) is 0 Å². The molecule has 108 valence electrons. The summed E-state index contributed by atoms with van der Waals surface area (Å²) in [5, 5.41) is 22.5. The summed E-state index contributed by atoms with van der Waals surface area (Å²) in [6, 6.07) is 5.89. The molecule has 1 unspecified atom stereocenters. The fourth-order valence-electron chi connectivity index (χ4n) is 2.39. The van der Waals surface area contributed by atoms with E-state index in [0.29, 0.717) is 17.1 Å². The molecular weight excluding hydrogens is 274 g/mol. The molecule has 2 aliphatic rings. The van der Waals surface area contributed by atoms with E-state index in [1.165, 1.54) is 12.1 Å². The zero-order valence-corrected chi connectivity index (χ0v) is 11.5. The first-order valence-corrected chi connectivity index (χ1v) is 6.39. The third kappa shape index (κ3) is 2.10. The minimum atomic E-state index is -0.471. The van der Waals surface area contributed by atoms with Crippen molar-refractivity contribution in [3.63, 3.8) is 0 Å². The lowest BCUT2D eigenvalue weighted by Gasteiger charge is -2.26. The van der Waals surface area contributed by atoms with Crippen molar-refractivity contribution >= 4 is 17.4 Å². The van der Waals surface area contributed by atoms with Gasteiger partial charge in [-0.3, -0.25) is 14.9 Å². The Kier molecular flexibility index (Phi) is 2.86. The van der Waals surface area contributed by atoms with E-state index in [1.807, 2.05) is 13.8 Å². The first-order valence-electron chi connectivity index (χ1n) is 6.39. The maximum Gasteiger partial charge on any atom is 0.276 e. The number of carbonyl (C=O) groups excluding carboxylic acids is 1. The molecule has 0 bridgehead atoms. The molecule has 0 spiro atoms. The summed E-state index contributed by atoms with van der Waals surface area (Å²) in [4.78, 5) is 22.3. The molecule has 2 N–H and O–H groups in total. The molecular formula is C13H13N5O3. The van der Waals surface area contributed by atoms with Crippen molar-refractivity contribution in [2.24, 2.45) is 5.10 Å². The smallest absolute Gasteiger partial charge is 0.276 e. The van der Waals surface area contributed by atoms with Crippen LogP contribution in [-0.4, -0.2) is 27.8 Å². The third-order valence-corrected chi connectivity index (χ3v) is 3.38. The number of hydrazone groups is 1. The molecule has 1 atom stereocenters. The SMILES string of the molecule is CC1=C2C(=O)NC(c3ccc([N+](=O)[O-])cc3)=NN2C(C)N1. The Morgan fingerprint density at radius 3 is 2.62 bits per heavy atom. The van der Waals surface area contributed by atoms with E-state index in [1.54, 1.807) is 17.1 Å². The van der Waals surface area contributed by atoms with Crippen LogP contribution in [0.4, 0.5) is 5.69 Å². The normalized spacial score (nSPS) is 20.7. The Morgan fingerprint density at radius 1 is 1.33 bits per heavy atom. The largest absolute Gasteiger partial charge is 0.366 e. The molecule has 21 heavy (non-hydrogen) atoms. The van der Waals surface area contributed by atoms with E-state index in [-0.39, 0.29) is 17.8 Å². The Bertz CT molecular complexity index is 692. The molecule has 1 amide bonds. The second-order valence-electron chi connectivity index (χ2n) is 4.85. The van der Waals surface area contributed by atoms with Gasteiger partial charge < -0.3 is 10.6 Å². The Labute approximate surface area is 120 Å². The highest BCUT2D eigenvalue weighted by molar-refractivity contribution is 6.14. The van der Waals surface area contributed by atoms with Crippen LogP contribution in [0.2, 0.25) is 0 Å². The Morgan fingerprint density at radius 2 is 2.00 bits per heavy atom. The van der Waals surface area contributed by atoms with Gasteiger partial charge in [-0.15, -0.1) is 0 Å². The summed E-state index contributed by atoms with van der Waals surface area (Å²) in [5.74, 6) is 0.134. The first kappa shape index (κ1) is 13.1. The molecule has 0 radical (unpaired) electrons. The summed E-state index contributed by atoms with van der Waals surface area (Å²) in [6.45, 7) is 3.71. The van der Waals surface area contributed by atoms with Gasteiger partial charge in [0.2, 0.25) is 0 Å². The van der Waals surface area contributed by atoms with E-state index in [0.717, 1.165) is 5.70 Å². The lowest BCUT2D eigenvalue weighted by Crippen LogP contribution is -2.45. The molecule has 0 aromatic heterocycles. The van der Waals surface area contributed by atoms with E-state index >= 15 is 0 Å². The Hall–Kier alpha value is -2.90. The lowest BCUT2D eigenvalue weighted by atomic mass is 10.1. The van der Waals surface area contributed by atoms with Crippen LogP contribution in [0, 0.1) is 10.1 Å². The van der Waals surface area contributed by atoms with Gasteiger partial charge in [0, 0.05) is 23.4 Å². The zero-order valence-electron chi connectivity index (χ0n) is 11.5. The van der Waals surface area contributed by atoms with Gasteiger partial charge in [0.1, 0.15) is 11.9 Å². The number of nitro groups is 1. The highest BCUT2D eigenvalue weighted by atomic mass is 16.6. The molecule has 2 aliphatic heterocycles. The number of non-ortho nitro benzene ring substituents is 1. The predicted octanol–water partition coefficient (Wildman–Crippen LogP) is 0.869. The van der Waals surface area contributed by atoms with E-state index in [9.17, 15) is 14.9 Å². The minimum Gasteiger partial charge on any atom is -0.366 e. The number of nitrogens with zero attached hydrogens (tertiary/aromatic N) is 3. The molecule has 2 heterocycles. The van der Waals surface area contributed by atoms with Crippen LogP contribution >= 0.6 is 0 Å². The van der Waals surface area contributed by atoms with Gasteiger partial charge in [-0.2, -0.15) is 5.10 Å². The number of nitrogens with one attached hydrogen (secondary N) is 2. The maximum atomic E-state index is 12.2. The van der Waals surface area contributed by atoms with Crippen molar-refractivity contribution in [2.75, 3.05) is 0 Å². The average Bonchev–Trinajstić information content (AvgIpc) is 2.74. The first-order chi connectivity index (χ1) is 9.97. The summed E-state index contributed by atoms with van der Waals surface area (Å²) < 4.78 is 0. The van der Waals surface area contributed by atoms with Crippen LogP contribution in [-0.2, 0) is 4.79 Å². The van der Waals surface area contributed by atoms with Crippen LogP contribution in [0.25, 0.3) is 0 Å². The monoisotopic (exact) mass is 287 g/mol. The number of carbonyl (C=O) groups is 1. The lowest BCUT2D eigenvalue weighted by molar-refractivity contribution is -0.384. The van der Waals surface area contributed by atoms with E-state index in [2.05, 4.69) is 15.7 Å². The molecule has 0 aliphatic carbocycles. The molecule has 0 saturated heterocycles. The highest BCUT2D eigenvalue weighted by Crippen LogP contribution is 2.24. The van der Waals surface area contributed by atoms with Crippen molar-refractivity contribution in [3.05, 3.63) is 51.3 Å². The van der Waals surface area contributed by atoms with Gasteiger partial charge in [-0.05, 0) is 26.0 Å². The number of rotatable bonds is 2. The van der Waals surface area contributed by atoms with Gasteiger partial charge in [-0.25, -0.2) is 5.01 Å². The molecule has 8 nitrogen and oxygen atoms in total. The third-order valence-electron chi connectivity index (χ3n) is 3.38. The van der Waals surface area contributed by atoms with Crippen LogP contribution in [0.1, 0.15) is 19.4 Å². The van der Waals surface area contributed by atoms with Gasteiger partial charge in [-0.1, -0.05) is 0 Å². The topological polar surface area (TPSA) is 99.9 Å². The average molecular weight is 287 g/mol. The highest BCUT2D eigenvalue weighted by Gasteiger charge is 2.35. The number of fused-ring (bicyclic) bond motifs is 1. The second kappa shape index (κ2) is 4.58. The second-order valence-corrected chi connectivity index (χ2v) is 4.85. The summed E-state index contributed by atoms with van der Waals surface area (Å²) in [7, 11) is 0. The summed E-state index contributed by atoms with van der Waals surface area (Å²) in [5.41, 5.74) is 1.87. The number of allylic oxidation sites excluding steroid dienone is 1. The zero-order chi connectivity index (χ0) is 15.1. The maximum absolute atomic E-state index is 12.2. The van der Waals surface area contributed by atoms with Crippen molar-refractivity contribution in [3.8, 4) is 0 Å². The number of amidine groups is 1. The van der Waals surface area contributed by atoms with Crippen LogP contribution < -0.4 is 10.6 Å². The standard InChI is InChI=1S/C13H13N5O3/c1-7-11-13(19)15-12(16-17(11)8(2)14-7)9-3-5-10(6-4-9)18(20)21/h3-6,8,14H,1-2H3,(H,15,16,19). The van der Waals surface area contributed by atoms with Crippen molar-refractivity contribution in [1.29, 1.82) is 0 Å². The number of amides is 1. The fraction of sp³-hybridized carbons (Fsp3) is 0.231. The Balaban J connectivity index is 1.97. The van der Waals surface area contributed by atoms with Crippen molar-refractivity contribution in [1.82, 2.24) is 15.6 Å². The molecule has 3 rings (SSSR count). The predicted molar refractivity (Wildman–Crippen MR) is 74.9 cm³/mol. The van der Waals surface area contributed by atoms with Gasteiger partial charge in [0.15, 0.2) is 5.84 Å². The number of nitro benzene ring substituents is 1. The fourth-order valence-corrected chi connectivity index (χ4v) is 2.39. The number of benzene rings is 1. The van der Waals surface area contributed by atoms with Gasteiger partial charge in [0.05, 0.1) is 4.92 Å². The molecule has 1 aromatic carbocycles. The molecule has 1 aromatic rings. The van der Waals surface area contributed by atoms with Crippen molar-refractivity contribution < 1.29 is 9.72 Å². The van der Waals surface area contributed by atoms with Gasteiger partial charge in [0.25, 0.3) is 11.6 Å². The molecule has 0 saturated carbocycles. The van der Waals surface area contributed by atoms with E-state index < -0.39 is 4.92 Å². The summed E-state index contributed by atoms with van der Waals surface area (Å²) >= 11 is 0. The summed E-state index contributed by atoms with van der Waals surface area (Å²) in [6.07, 6.45) is -0.112. The molecule has 0 fully saturated rings.